The monoisotopic (exact) mass is 228 g/mol. The van der Waals surface area contributed by atoms with E-state index in [1.165, 1.54) is 50.3 Å². The molecule has 0 aromatic carbocycles. The first-order valence-electron chi connectivity index (χ1n) is 6.36. The molecule has 2 aliphatic rings. The van der Waals surface area contributed by atoms with Gasteiger partial charge in [0.1, 0.15) is 0 Å². The molecule has 3 heteroatoms. The summed E-state index contributed by atoms with van der Waals surface area (Å²) in [6, 6.07) is 0. The van der Waals surface area contributed by atoms with Crippen LogP contribution in [0.25, 0.3) is 0 Å². The molecule has 2 rings (SSSR count). The van der Waals surface area contributed by atoms with Gasteiger partial charge in [0.25, 0.3) is 0 Å². The number of hydrogen-bond acceptors (Lipinski definition) is 3. The van der Waals surface area contributed by atoms with Crippen LogP contribution in [0.1, 0.15) is 32.6 Å². The predicted molar refractivity (Wildman–Crippen MR) is 68.3 cm³/mol. The molecule has 1 aliphatic heterocycles. The fraction of sp³-hybridized carbons (Fsp3) is 1.00. The van der Waals surface area contributed by atoms with Crippen LogP contribution in [0.5, 0.6) is 0 Å². The van der Waals surface area contributed by atoms with E-state index in [0.29, 0.717) is 5.54 Å². The topological polar surface area (TPSA) is 29.3 Å². The van der Waals surface area contributed by atoms with E-state index in [-0.39, 0.29) is 0 Å². The number of thioether (sulfide) groups is 1. The lowest BCUT2D eigenvalue weighted by Gasteiger charge is -2.46. The molecular formula is C12H24N2S. The van der Waals surface area contributed by atoms with Crippen LogP contribution in [0.3, 0.4) is 0 Å². The molecule has 2 nitrogen and oxygen atoms in total. The van der Waals surface area contributed by atoms with Crippen LogP contribution in [-0.4, -0.2) is 41.6 Å². The molecule has 1 saturated carbocycles. The zero-order chi connectivity index (χ0) is 10.7. The average molecular weight is 228 g/mol. The van der Waals surface area contributed by atoms with Crippen molar-refractivity contribution < 1.29 is 0 Å². The standard InChI is InChI=1S/C12H24N2S/c1-2-11-4-3-5-12(11,10-13)14-6-8-15-9-7-14/h11H,2-10,13H2,1H3. The molecule has 1 aliphatic carbocycles. The summed E-state index contributed by atoms with van der Waals surface area (Å²) in [4.78, 5) is 2.71. The molecule has 0 radical (unpaired) electrons. The van der Waals surface area contributed by atoms with Gasteiger partial charge in [0.05, 0.1) is 0 Å². The Hall–Kier alpha value is 0.270. The summed E-state index contributed by atoms with van der Waals surface area (Å²) in [5, 5.41) is 0. The van der Waals surface area contributed by atoms with Crippen LogP contribution in [0.4, 0.5) is 0 Å². The van der Waals surface area contributed by atoms with Crippen molar-refractivity contribution in [2.45, 2.75) is 38.1 Å². The smallest absolute Gasteiger partial charge is 0.0360 e. The van der Waals surface area contributed by atoms with E-state index in [0.717, 1.165) is 12.5 Å². The van der Waals surface area contributed by atoms with Crippen LogP contribution in [0.2, 0.25) is 0 Å². The van der Waals surface area contributed by atoms with Crippen molar-refractivity contribution in [2.24, 2.45) is 11.7 Å². The average Bonchev–Trinajstić information content (AvgIpc) is 2.74. The van der Waals surface area contributed by atoms with Crippen molar-refractivity contribution in [3.63, 3.8) is 0 Å². The second kappa shape index (κ2) is 5.07. The molecule has 1 saturated heterocycles. The van der Waals surface area contributed by atoms with E-state index >= 15 is 0 Å². The quantitative estimate of drug-likeness (QED) is 0.800. The number of rotatable bonds is 3. The van der Waals surface area contributed by atoms with E-state index in [4.69, 9.17) is 5.73 Å². The maximum atomic E-state index is 6.12. The highest BCUT2D eigenvalue weighted by atomic mass is 32.2. The van der Waals surface area contributed by atoms with Crippen LogP contribution in [0.15, 0.2) is 0 Å². The molecule has 2 N–H and O–H groups in total. The van der Waals surface area contributed by atoms with Crippen LogP contribution < -0.4 is 5.73 Å². The fourth-order valence-corrected chi connectivity index (χ4v) is 4.44. The first kappa shape index (κ1) is 11.7. The zero-order valence-corrected chi connectivity index (χ0v) is 10.7. The molecule has 2 fully saturated rings. The van der Waals surface area contributed by atoms with E-state index in [2.05, 4.69) is 23.6 Å². The van der Waals surface area contributed by atoms with Gasteiger partial charge in [-0.15, -0.1) is 0 Å². The van der Waals surface area contributed by atoms with E-state index in [1.807, 2.05) is 0 Å². The van der Waals surface area contributed by atoms with Crippen molar-refractivity contribution in [1.29, 1.82) is 0 Å². The third-order valence-corrected chi connectivity index (χ3v) is 5.35. The van der Waals surface area contributed by atoms with Crippen molar-refractivity contribution in [3.8, 4) is 0 Å². The Labute approximate surface area is 98.0 Å². The van der Waals surface area contributed by atoms with Gasteiger partial charge in [-0.25, -0.2) is 0 Å². The van der Waals surface area contributed by atoms with Crippen molar-refractivity contribution in [1.82, 2.24) is 4.90 Å². The number of hydrogen-bond donors (Lipinski definition) is 1. The summed E-state index contributed by atoms with van der Waals surface area (Å²) in [6.07, 6.45) is 5.43. The number of nitrogens with two attached hydrogens (primary N) is 1. The van der Waals surface area contributed by atoms with Gasteiger partial charge in [0.15, 0.2) is 0 Å². The van der Waals surface area contributed by atoms with Crippen LogP contribution in [-0.2, 0) is 0 Å². The van der Waals surface area contributed by atoms with Gasteiger partial charge in [-0.1, -0.05) is 19.8 Å². The molecule has 0 aromatic heterocycles. The van der Waals surface area contributed by atoms with E-state index in [9.17, 15) is 0 Å². The Balaban J connectivity index is 2.11. The maximum absolute atomic E-state index is 6.12. The molecular weight excluding hydrogens is 204 g/mol. The first-order valence-corrected chi connectivity index (χ1v) is 7.52. The molecule has 0 aromatic rings. The van der Waals surface area contributed by atoms with Crippen molar-refractivity contribution in [2.75, 3.05) is 31.1 Å². The summed E-state index contributed by atoms with van der Waals surface area (Å²) < 4.78 is 0. The number of nitrogens with zero attached hydrogens (tertiary/aromatic N) is 1. The third kappa shape index (κ3) is 2.06. The molecule has 0 spiro atoms. The van der Waals surface area contributed by atoms with Crippen LogP contribution in [0, 0.1) is 5.92 Å². The fourth-order valence-electron chi connectivity index (χ4n) is 3.53. The lowest BCUT2D eigenvalue weighted by atomic mass is 9.83. The highest BCUT2D eigenvalue weighted by Crippen LogP contribution is 2.42. The minimum atomic E-state index is 0.371. The second-order valence-electron chi connectivity index (χ2n) is 4.90. The van der Waals surface area contributed by atoms with Gasteiger partial charge in [0.2, 0.25) is 0 Å². The summed E-state index contributed by atoms with van der Waals surface area (Å²) in [5.74, 6) is 3.46. The van der Waals surface area contributed by atoms with Gasteiger partial charge in [-0.2, -0.15) is 11.8 Å². The largest absolute Gasteiger partial charge is 0.329 e. The summed E-state index contributed by atoms with van der Waals surface area (Å²) in [5.41, 5.74) is 6.49. The molecule has 0 amide bonds. The Kier molecular flexibility index (Phi) is 3.97. The Morgan fingerprint density at radius 1 is 1.40 bits per heavy atom. The van der Waals surface area contributed by atoms with Crippen molar-refractivity contribution in [3.05, 3.63) is 0 Å². The minimum Gasteiger partial charge on any atom is -0.329 e. The zero-order valence-electron chi connectivity index (χ0n) is 9.87. The molecule has 2 atom stereocenters. The van der Waals surface area contributed by atoms with Crippen LogP contribution >= 0.6 is 11.8 Å². The van der Waals surface area contributed by atoms with Gasteiger partial charge in [-0.3, -0.25) is 4.90 Å². The van der Waals surface area contributed by atoms with Gasteiger partial charge < -0.3 is 5.73 Å². The Bertz CT molecular complexity index is 204. The normalized spacial score (nSPS) is 38.4. The summed E-state index contributed by atoms with van der Waals surface area (Å²) in [6.45, 7) is 5.73. The third-order valence-electron chi connectivity index (χ3n) is 4.41. The molecule has 88 valence electrons. The Morgan fingerprint density at radius 2 is 2.13 bits per heavy atom. The van der Waals surface area contributed by atoms with E-state index < -0.39 is 0 Å². The SMILES string of the molecule is CCC1CCCC1(CN)N1CCSCC1. The van der Waals surface area contributed by atoms with Gasteiger partial charge in [-0.05, 0) is 18.8 Å². The lowest BCUT2D eigenvalue weighted by Crippen LogP contribution is -2.58. The van der Waals surface area contributed by atoms with Gasteiger partial charge in [0, 0.05) is 36.7 Å². The molecule has 2 unspecified atom stereocenters. The highest BCUT2D eigenvalue weighted by molar-refractivity contribution is 7.99. The summed E-state index contributed by atoms with van der Waals surface area (Å²) in [7, 11) is 0. The minimum absolute atomic E-state index is 0.371. The van der Waals surface area contributed by atoms with Crippen molar-refractivity contribution >= 4 is 11.8 Å². The maximum Gasteiger partial charge on any atom is 0.0360 e. The van der Waals surface area contributed by atoms with Gasteiger partial charge >= 0.3 is 0 Å². The van der Waals surface area contributed by atoms with E-state index in [1.54, 1.807) is 0 Å². The predicted octanol–water partition coefficient (Wildman–Crippen LogP) is 1.94. The second-order valence-corrected chi connectivity index (χ2v) is 6.13. The molecule has 15 heavy (non-hydrogen) atoms. The molecule has 1 heterocycles. The summed E-state index contributed by atoms with van der Waals surface area (Å²) >= 11 is 2.09. The first-order chi connectivity index (χ1) is 7.33. The molecule has 0 bridgehead atoms. The lowest BCUT2D eigenvalue weighted by molar-refractivity contribution is 0.0655. The Morgan fingerprint density at radius 3 is 2.73 bits per heavy atom. The highest BCUT2D eigenvalue weighted by Gasteiger charge is 2.45.